The van der Waals surface area contributed by atoms with E-state index in [0.29, 0.717) is 0 Å². The van der Waals surface area contributed by atoms with Crippen LogP contribution in [-0.4, -0.2) is 55.5 Å². The van der Waals surface area contributed by atoms with Crippen molar-refractivity contribution in [2.75, 3.05) is 31.1 Å². The number of benzene rings is 1. The number of hydrogen-bond donors (Lipinski definition) is 0. The number of anilines is 1. The van der Waals surface area contributed by atoms with E-state index in [2.05, 4.69) is 28.7 Å². The number of aromatic nitrogens is 5. The van der Waals surface area contributed by atoms with Gasteiger partial charge in [0.25, 0.3) is 0 Å². The van der Waals surface area contributed by atoms with E-state index in [1.807, 2.05) is 46.7 Å². The lowest BCUT2D eigenvalue weighted by atomic mass is 10.1. The van der Waals surface area contributed by atoms with Gasteiger partial charge in [-0.2, -0.15) is 5.10 Å². The molecule has 156 valence electrons. The van der Waals surface area contributed by atoms with Crippen molar-refractivity contribution < 1.29 is 0 Å². The van der Waals surface area contributed by atoms with Crippen LogP contribution >= 0.6 is 22.9 Å². The number of imidazole rings is 1. The molecule has 30 heavy (non-hydrogen) atoms. The monoisotopic (exact) mass is 441 g/mol. The first-order valence-corrected chi connectivity index (χ1v) is 11.3. The number of piperazine rings is 1. The Bertz CT molecular complexity index is 1150. The van der Waals surface area contributed by atoms with Crippen LogP contribution in [0.3, 0.4) is 0 Å². The Morgan fingerprint density at radius 2 is 1.77 bits per heavy atom. The maximum atomic E-state index is 5.99. The number of halogens is 1. The summed E-state index contributed by atoms with van der Waals surface area (Å²) in [4.78, 5) is 10.5. The van der Waals surface area contributed by atoms with Crippen LogP contribution in [0, 0.1) is 13.8 Å². The molecule has 4 aromatic rings. The summed E-state index contributed by atoms with van der Waals surface area (Å²) in [5.74, 6) is 0. The van der Waals surface area contributed by atoms with E-state index in [1.54, 1.807) is 11.3 Å². The average Bonchev–Trinajstić information content (AvgIpc) is 3.38. The van der Waals surface area contributed by atoms with Crippen LogP contribution in [0.15, 0.2) is 30.5 Å². The van der Waals surface area contributed by atoms with Crippen LogP contribution in [0.2, 0.25) is 5.02 Å². The van der Waals surface area contributed by atoms with Gasteiger partial charge in [-0.15, -0.1) is 5.10 Å². The third kappa shape index (κ3) is 3.59. The van der Waals surface area contributed by atoms with Crippen molar-refractivity contribution in [2.24, 2.45) is 7.05 Å². The quantitative estimate of drug-likeness (QED) is 0.482. The standard InChI is InChI=1S/C21H24ClN7S/c1-14-18(15(2)26(3)24-14)12-27-8-10-28(11-9-27)21-25-29-13-19(23-20(29)30-21)16-4-6-17(22)7-5-16/h4-7,13H,8-12H2,1-3H3. The van der Waals surface area contributed by atoms with Crippen molar-refractivity contribution in [3.63, 3.8) is 0 Å². The Morgan fingerprint density at radius 3 is 2.40 bits per heavy atom. The Morgan fingerprint density at radius 1 is 1.03 bits per heavy atom. The zero-order valence-corrected chi connectivity index (χ0v) is 18.9. The summed E-state index contributed by atoms with van der Waals surface area (Å²) in [6.07, 6.45) is 1.99. The highest BCUT2D eigenvalue weighted by Crippen LogP contribution is 2.28. The smallest absolute Gasteiger partial charge is 0.214 e. The molecule has 9 heteroatoms. The molecule has 1 aliphatic heterocycles. The van der Waals surface area contributed by atoms with Crippen LogP contribution < -0.4 is 4.90 Å². The highest BCUT2D eigenvalue weighted by molar-refractivity contribution is 7.20. The largest absolute Gasteiger partial charge is 0.344 e. The topological polar surface area (TPSA) is 54.5 Å². The van der Waals surface area contributed by atoms with Crippen molar-refractivity contribution in [3.05, 3.63) is 52.4 Å². The summed E-state index contributed by atoms with van der Waals surface area (Å²) < 4.78 is 3.86. The molecule has 4 heterocycles. The van der Waals surface area contributed by atoms with Gasteiger partial charge in [0.05, 0.1) is 17.6 Å². The molecule has 0 bridgehead atoms. The molecule has 1 aliphatic rings. The first kappa shape index (κ1) is 19.5. The SMILES string of the molecule is Cc1nn(C)c(C)c1CN1CCN(c2nn3cc(-c4ccc(Cl)cc4)nc3s2)CC1. The van der Waals surface area contributed by atoms with Crippen LogP contribution in [0.5, 0.6) is 0 Å². The van der Waals surface area contributed by atoms with Crippen LogP contribution in [-0.2, 0) is 13.6 Å². The predicted octanol–water partition coefficient (Wildman–Crippen LogP) is 3.78. The summed E-state index contributed by atoms with van der Waals surface area (Å²) in [7, 11) is 2.01. The third-order valence-electron chi connectivity index (χ3n) is 5.86. The minimum Gasteiger partial charge on any atom is -0.344 e. The molecular formula is C21H24ClN7S. The van der Waals surface area contributed by atoms with Gasteiger partial charge in [-0.1, -0.05) is 35.1 Å². The third-order valence-corrected chi connectivity index (χ3v) is 7.09. The van der Waals surface area contributed by atoms with Gasteiger partial charge < -0.3 is 4.90 Å². The van der Waals surface area contributed by atoms with E-state index in [0.717, 1.165) is 64.8 Å². The molecule has 7 nitrogen and oxygen atoms in total. The summed E-state index contributed by atoms with van der Waals surface area (Å²) in [6.45, 7) is 9.19. The molecular weight excluding hydrogens is 418 g/mol. The second-order valence-electron chi connectivity index (χ2n) is 7.78. The molecule has 0 spiro atoms. The predicted molar refractivity (Wildman–Crippen MR) is 121 cm³/mol. The molecule has 1 fully saturated rings. The highest BCUT2D eigenvalue weighted by atomic mass is 35.5. The molecule has 0 aliphatic carbocycles. The van der Waals surface area contributed by atoms with Gasteiger partial charge in [-0.05, 0) is 26.0 Å². The van der Waals surface area contributed by atoms with Gasteiger partial charge >= 0.3 is 0 Å². The molecule has 0 amide bonds. The summed E-state index contributed by atoms with van der Waals surface area (Å²) in [5, 5.41) is 11.1. The van der Waals surface area contributed by atoms with Gasteiger partial charge in [0.15, 0.2) is 0 Å². The second kappa shape index (κ2) is 7.68. The average molecular weight is 442 g/mol. The number of nitrogens with zero attached hydrogens (tertiary/aromatic N) is 7. The first-order valence-electron chi connectivity index (χ1n) is 10.1. The molecule has 3 aromatic heterocycles. The fraction of sp³-hybridized carbons (Fsp3) is 0.381. The molecule has 0 atom stereocenters. The second-order valence-corrected chi connectivity index (χ2v) is 9.15. The Labute approximate surface area is 184 Å². The Balaban J connectivity index is 1.26. The van der Waals surface area contributed by atoms with Crippen LogP contribution in [0.25, 0.3) is 16.2 Å². The Hall–Kier alpha value is -2.42. The van der Waals surface area contributed by atoms with E-state index < -0.39 is 0 Å². The number of rotatable bonds is 4. The lowest BCUT2D eigenvalue weighted by Gasteiger charge is -2.34. The maximum absolute atomic E-state index is 5.99. The van der Waals surface area contributed by atoms with Gasteiger partial charge in [-0.3, -0.25) is 9.58 Å². The van der Waals surface area contributed by atoms with E-state index in [-0.39, 0.29) is 0 Å². The van der Waals surface area contributed by atoms with Gasteiger partial charge in [0, 0.05) is 61.6 Å². The fourth-order valence-electron chi connectivity index (χ4n) is 3.94. The van der Waals surface area contributed by atoms with Crippen LogP contribution in [0.4, 0.5) is 5.13 Å². The summed E-state index contributed by atoms with van der Waals surface area (Å²) in [5.41, 5.74) is 5.72. The maximum Gasteiger partial charge on any atom is 0.214 e. The molecule has 5 rings (SSSR count). The Kier molecular flexibility index (Phi) is 5.00. The number of fused-ring (bicyclic) bond motifs is 1. The van der Waals surface area contributed by atoms with E-state index >= 15 is 0 Å². The molecule has 1 aromatic carbocycles. The molecule has 0 radical (unpaired) electrons. The zero-order chi connectivity index (χ0) is 20.8. The van der Waals surface area contributed by atoms with Crippen LogP contribution in [0.1, 0.15) is 17.0 Å². The van der Waals surface area contributed by atoms with Gasteiger partial charge in [0.1, 0.15) is 0 Å². The van der Waals surface area contributed by atoms with Gasteiger partial charge in [-0.25, -0.2) is 9.50 Å². The normalized spacial score (nSPS) is 15.4. The minimum atomic E-state index is 0.730. The van der Waals surface area contributed by atoms with E-state index in [1.165, 1.54) is 11.3 Å². The van der Waals surface area contributed by atoms with Crippen molar-refractivity contribution in [3.8, 4) is 11.3 Å². The summed E-state index contributed by atoms with van der Waals surface area (Å²) >= 11 is 7.63. The molecule has 0 saturated carbocycles. The highest BCUT2D eigenvalue weighted by Gasteiger charge is 2.22. The number of hydrogen-bond acceptors (Lipinski definition) is 6. The number of aryl methyl sites for hydroxylation is 2. The van der Waals surface area contributed by atoms with E-state index in [9.17, 15) is 0 Å². The molecule has 1 saturated heterocycles. The lowest BCUT2D eigenvalue weighted by Crippen LogP contribution is -2.46. The van der Waals surface area contributed by atoms with Crippen molar-refractivity contribution in [1.29, 1.82) is 0 Å². The fourth-order valence-corrected chi connectivity index (χ4v) is 5.01. The minimum absolute atomic E-state index is 0.730. The molecule has 0 unspecified atom stereocenters. The zero-order valence-electron chi connectivity index (χ0n) is 17.3. The molecule has 0 N–H and O–H groups in total. The lowest BCUT2D eigenvalue weighted by molar-refractivity contribution is 0.248. The van der Waals surface area contributed by atoms with E-state index in [4.69, 9.17) is 21.7 Å². The van der Waals surface area contributed by atoms with Crippen molar-refractivity contribution >= 4 is 33.0 Å². The van der Waals surface area contributed by atoms with Crippen molar-refractivity contribution in [1.82, 2.24) is 29.3 Å². The van der Waals surface area contributed by atoms with Crippen molar-refractivity contribution in [2.45, 2.75) is 20.4 Å². The van der Waals surface area contributed by atoms with Gasteiger partial charge in [0.2, 0.25) is 10.1 Å². The first-order chi connectivity index (χ1) is 14.5. The summed E-state index contributed by atoms with van der Waals surface area (Å²) in [6, 6.07) is 7.75.